The maximum absolute atomic E-state index is 5.03. The van der Waals surface area contributed by atoms with Gasteiger partial charge in [0, 0.05) is 40.4 Å². The number of para-hydroxylation sites is 2. The number of benzene rings is 5. The lowest BCUT2D eigenvalue weighted by Gasteiger charge is -2.25. The van der Waals surface area contributed by atoms with Crippen LogP contribution in [-0.4, -0.2) is 19.5 Å². The molecule has 0 aliphatic heterocycles. The third kappa shape index (κ3) is 4.57. The van der Waals surface area contributed by atoms with Crippen LogP contribution in [0.25, 0.3) is 50.3 Å². The van der Waals surface area contributed by atoms with Gasteiger partial charge in [0.25, 0.3) is 0 Å². The Morgan fingerprint density at radius 1 is 0.432 bits per heavy atom. The van der Waals surface area contributed by atoms with Crippen molar-refractivity contribution in [2.75, 3.05) is 4.90 Å². The fraction of sp³-hybridized carbons (Fsp3) is 0. The van der Waals surface area contributed by atoms with E-state index in [4.69, 9.17) is 9.97 Å². The van der Waals surface area contributed by atoms with E-state index in [2.05, 4.69) is 124 Å². The molecule has 0 radical (unpaired) electrons. The van der Waals surface area contributed by atoms with Crippen LogP contribution in [0.1, 0.15) is 0 Å². The zero-order valence-electron chi connectivity index (χ0n) is 23.8. The first-order chi connectivity index (χ1) is 21.8. The Hall–Kier alpha value is -6.07. The van der Waals surface area contributed by atoms with E-state index in [0.29, 0.717) is 0 Å². The van der Waals surface area contributed by atoms with Gasteiger partial charge in [0.2, 0.25) is 0 Å². The van der Waals surface area contributed by atoms with Crippen LogP contribution >= 0.6 is 0 Å². The third-order valence-corrected chi connectivity index (χ3v) is 7.91. The largest absolute Gasteiger partial charge is 0.311 e. The lowest BCUT2D eigenvalue weighted by atomic mass is 10.0. The van der Waals surface area contributed by atoms with Crippen LogP contribution in [0.4, 0.5) is 17.1 Å². The van der Waals surface area contributed by atoms with E-state index in [1.807, 2.05) is 54.9 Å². The minimum absolute atomic E-state index is 0.819. The van der Waals surface area contributed by atoms with Crippen LogP contribution < -0.4 is 4.90 Å². The Balaban J connectivity index is 1.16. The van der Waals surface area contributed by atoms with E-state index < -0.39 is 0 Å². The van der Waals surface area contributed by atoms with Gasteiger partial charge in [0.15, 0.2) is 5.65 Å². The SMILES string of the molecule is c1ccc(N(c2ccccc2)c2ccc(-c3ccc(-c4nc5cccnc5n4-c4cccc5ncccc45)cc3)cc2)cc1. The van der Waals surface area contributed by atoms with Crippen molar-refractivity contribution in [3.05, 3.63) is 164 Å². The van der Waals surface area contributed by atoms with Crippen molar-refractivity contribution in [2.24, 2.45) is 0 Å². The van der Waals surface area contributed by atoms with Crippen LogP contribution in [0.3, 0.4) is 0 Å². The molecule has 0 spiro atoms. The maximum Gasteiger partial charge on any atom is 0.164 e. The highest BCUT2D eigenvalue weighted by atomic mass is 15.1. The molecule has 0 atom stereocenters. The number of anilines is 3. The summed E-state index contributed by atoms with van der Waals surface area (Å²) in [6.45, 7) is 0. The first kappa shape index (κ1) is 25.6. The van der Waals surface area contributed by atoms with Crippen molar-refractivity contribution in [1.82, 2.24) is 19.5 Å². The van der Waals surface area contributed by atoms with Gasteiger partial charge in [-0.05, 0) is 83.9 Å². The van der Waals surface area contributed by atoms with Crippen molar-refractivity contribution in [3.8, 4) is 28.2 Å². The van der Waals surface area contributed by atoms with Crippen molar-refractivity contribution in [2.45, 2.75) is 0 Å². The first-order valence-corrected chi connectivity index (χ1v) is 14.6. The second kappa shape index (κ2) is 11.0. The highest BCUT2D eigenvalue weighted by Gasteiger charge is 2.18. The van der Waals surface area contributed by atoms with Crippen molar-refractivity contribution < 1.29 is 0 Å². The van der Waals surface area contributed by atoms with E-state index in [-0.39, 0.29) is 0 Å². The molecule has 5 nitrogen and oxygen atoms in total. The quantitative estimate of drug-likeness (QED) is 0.201. The monoisotopic (exact) mass is 565 g/mol. The van der Waals surface area contributed by atoms with Gasteiger partial charge in [-0.3, -0.25) is 9.55 Å². The summed E-state index contributed by atoms with van der Waals surface area (Å²) < 4.78 is 2.14. The molecule has 0 N–H and O–H groups in total. The molecule has 0 amide bonds. The number of imidazole rings is 1. The Morgan fingerprint density at radius 3 is 1.70 bits per heavy atom. The molecule has 5 aromatic carbocycles. The topological polar surface area (TPSA) is 46.8 Å². The van der Waals surface area contributed by atoms with Crippen molar-refractivity contribution in [3.63, 3.8) is 0 Å². The number of aromatic nitrogens is 4. The van der Waals surface area contributed by atoms with E-state index >= 15 is 0 Å². The minimum atomic E-state index is 0.819. The van der Waals surface area contributed by atoms with Crippen LogP contribution in [0.2, 0.25) is 0 Å². The summed E-state index contributed by atoms with van der Waals surface area (Å²) in [5.41, 5.74) is 10.3. The summed E-state index contributed by atoms with van der Waals surface area (Å²) in [5.74, 6) is 0.846. The Morgan fingerprint density at radius 2 is 1.00 bits per heavy atom. The van der Waals surface area contributed by atoms with E-state index in [0.717, 1.165) is 67.3 Å². The van der Waals surface area contributed by atoms with E-state index in [1.54, 1.807) is 0 Å². The molecule has 0 saturated carbocycles. The van der Waals surface area contributed by atoms with Gasteiger partial charge in [-0.25, -0.2) is 9.97 Å². The third-order valence-electron chi connectivity index (χ3n) is 7.91. The summed E-state index contributed by atoms with van der Waals surface area (Å²) in [5, 5.41) is 1.05. The molecule has 0 saturated heterocycles. The van der Waals surface area contributed by atoms with Crippen LogP contribution in [0, 0.1) is 0 Å². The molecule has 3 heterocycles. The average Bonchev–Trinajstić information content (AvgIpc) is 3.49. The summed E-state index contributed by atoms with van der Waals surface area (Å²) >= 11 is 0. The van der Waals surface area contributed by atoms with Gasteiger partial charge in [-0.15, -0.1) is 0 Å². The molecule has 0 aliphatic carbocycles. The number of hydrogen-bond donors (Lipinski definition) is 0. The molecule has 5 heteroatoms. The molecule has 208 valence electrons. The van der Waals surface area contributed by atoms with Crippen LogP contribution in [-0.2, 0) is 0 Å². The molecule has 8 aromatic rings. The first-order valence-electron chi connectivity index (χ1n) is 14.6. The summed E-state index contributed by atoms with van der Waals surface area (Å²) in [6.07, 6.45) is 3.64. The van der Waals surface area contributed by atoms with Gasteiger partial charge < -0.3 is 4.90 Å². The van der Waals surface area contributed by atoms with Gasteiger partial charge in [0.05, 0.1) is 11.2 Å². The normalized spacial score (nSPS) is 11.2. The van der Waals surface area contributed by atoms with Gasteiger partial charge in [-0.2, -0.15) is 0 Å². The Bertz CT molecular complexity index is 2160. The predicted molar refractivity (Wildman–Crippen MR) is 180 cm³/mol. The molecule has 0 fully saturated rings. The second-order valence-electron chi connectivity index (χ2n) is 10.6. The molecular weight excluding hydrogens is 538 g/mol. The summed E-state index contributed by atoms with van der Waals surface area (Å²) in [7, 11) is 0. The number of nitrogens with zero attached hydrogens (tertiary/aromatic N) is 5. The fourth-order valence-electron chi connectivity index (χ4n) is 5.83. The van der Waals surface area contributed by atoms with Crippen LogP contribution in [0.15, 0.2) is 164 Å². The molecule has 8 rings (SSSR count). The van der Waals surface area contributed by atoms with Gasteiger partial charge in [0.1, 0.15) is 11.3 Å². The van der Waals surface area contributed by atoms with E-state index in [1.165, 1.54) is 0 Å². The molecule has 0 aliphatic rings. The number of hydrogen-bond acceptors (Lipinski definition) is 4. The van der Waals surface area contributed by atoms with Gasteiger partial charge in [-0.1, -0.05) is 78.9 Å². The summed E-state index contributed by atoms with van der Waals surface area (Å²) in [4.78, 5) is 16.6. The molecule has 0 unspecified atom stereocenters. The highest BCUT2D eigenvalue weighted by Crippen LogP contribution is 2.36. The Labute approximate surface area is 255 Å². The van der Waals surface area contributed by atoms with Crippen LogP contribution in [0.5, 0.6) is 0 Å². The number of fused-ring (bicyclic) bond motifs is 2. The second-order valence-corrected chi connectivity index (χ2v) is 10.6. The predicted octanol–water partition coefficient (Wildman–Crippen LogP) is 9.77. The standard InChI is InChI=1S/C39H27N5/c1-3-10-31(11-4-1)43(32-12-5-2-6-13-32)33-24-22-29(23-25-33)28-18-20-30(21-19-28)38-42-36-16-9-27-41-39(36)44(38)37-17-7-15-35-34(37)14-8-26-40-35/h1-27H. The van der Waals surface area contributed by atoms with Crippen molar-refractivity contribution in [1.29, 1.82) is 0 Å². The van der Waals surface area contributed by atoms with Crippen molar-refractivity contribution >= 4 is 39.1 Å². The fourth-order valence-corrected chi connectivity index (χ4v) is 5.83. The molecule has 3 aromatic heterocycles. The molecular formula is C39H27N5. The summed E-state index contributed by atoms with van der Waals surface area (Å²) in [6, 6.07) is 52.5. The molecule has 0 bridgehead atoms. The lowest BCUT2D eigenvalue weighted by Crippen LogP contribution is -2.09. The smallest absolute Gasteiger partial charge is 0.164 e. The van der Waals surface area contributed by atoms with E-state index in [9.17, 15) is 0 Å². The zero-order chi connectivity index (χ0) is 29.3. The number of rotatable bonds is 6. The minimum Gasteiger partial charge on any atom is -0.311 e. The van der Waals surface area contributed by atoms with Gasteiger partial charge >= 0.3 is 0 Å². The maximum atomic E-state index is 5.03. The Kier molecular flexibility index (Phi) is 6.39. The molecule has 44 heavy (non-hydrogen) atoms. The highest BCUT2D eigenvalue weighted by molar-refractivity contribution is 5.91. The number of pyridine rings is 2. The lowest BCUT2D eigenvalue weighted by molar-refractivity contribution is 1.09. The zero-order valence-corrected chi connectivity index (χ0v) is 23.8. The average molecular weight is 566 g/mol.